The number of rotatable bonds is 4. The summed E-state index contributed by atoms with van der Waals surface area (Å²) in [6, 6.07) is 9.22. The fourth-order valence-corrected chi connectivity index (χ4v) is 5.06. The molecule has 5 heterocycles. The predicted molar refractivity (Wildman–Crippen MR) is 146 cm³/mol. The minimum Gasteiger partial charge on any atom is -0.487 e. The highest BCUT2D eigenvalue weighted by Crippen LogP contribution is 2.32. The molecule has 1 aliphatic rings. The van der Waals surface area contributed by atoms with Crippen LogP contribution >= 0.6 is 0 Å². The van der Waals surface area contributed by atoms with Crippen LogP contribution in [0.1, 0.15) is 37.7 Å². The van der Waals surface area contributed by atoms with Gasteiger partial charge in [0.15, 0.2) is 5.65 Å². The molecule has 200 valence electrons. The number of hydrogen-bond acceptors (Lipinski definition) is 6. The van der Waals surface area contributed by atoms with Crippen molar-refractivity contribution >= 4 is 22.6 Å². The molecule has 5 aromatic rings. The first-order valence-electron chi connectivity index (χ1n) is 12.9. The van der Waals surface area contributed by atoms with E-state index in [4.69, 9.17) is 9.47 Å². The van der Waals surface area contributed by atoms with Gasteiger partial charge in [0.1, 0.15) is 18.0 Å². The van der Waals surface area contributed by atoms with Crippen molar-refractivity contribution in [2.75, 3.05) is 6.54 Å². The van der Waals surface area contributed by atoms with Gasteiger partial charge < -0.3 is 23.3 Å². The summed E-state index contributed by atoms with van der Waals surface area (Å²) in [5.74, 6) is 0.474. The van der Waals surface area contributed by atoms with Gasteiger partial charge in [-0.05, 0) is 39.0 Å². The molecule has 4 aromatic heterocycles. The third kappa shape index (κ3) is 4.73. The standard InChI is InChI=1S/C29H30N6O4/c1-29(2,3)39-28(37)34-10-8-24-23(17-34)22-6-5-20(13-25(22)32(24)4)35-11-7-21(14-27(35)36)38-18-19-16-33-12-9-30-26(33)15-31-19/h5-7,9,11-16H,8,10,17-18H2,1-4H3. The number of ether oxygens (including phenoxy) is 2. The fourth-order valence-electron chi connectivity index (χ4n) is 5.06. The monoisotopic (exact) mass is 526 g/mol. The summed E-state index contributed by atoms with van der Waals surface area (Å²) in [5, 5.41) is 1.07. The van der Waals surface area contributed by atoms with Crippen molar-refractivity contribution in [1.29, 1.82) is 0 Å². The highest BCUT2D eigenvalue weighted by atomic mass is 16.6. The molecule has 6 rings (SSSR count). The van der Waals surface area contributed by atoms with Crippen molar-refractivity contribution < 1.29 is 14.3 Å². The van der Waals surface area contributed by atoms with Gasteiger partial charge >= 0.3 is 6.09 Å². The first-order chi connectivity index (χ1) is 18.7. The zero-order chi connectivity index (χ0) is 27.3. The summed E-state index contributed by atoms with van der Waals surface area (Å²) in [6.07, 6.45) is 9.26. The van der Waals surface area contributed by atoms with E-state index in [0.29, 0.717) is 18.8 Å². The van der Waals surface area contributed by atoms with Crippen LogP contribution in [0.2, 0.25) is 0 Å². The SMILES string of the molecule is Cn1c2c(c3ccc(-n4ccc(OCc5cn6ccnc6cn5)cc4=O)cc31)CN(C(=O)OC(C)(C)C)CC2. The van der Waals surface area contributed by atoms with Gasteiger partial charge in [-0.25, -0.2) is 9.78 Å². The summed E-state index contributed by atoms with van der Waals surface area (Å²) >= 11 is 0. The third-order valence-corrected chi connectivity index (χ3v) is 6.93. The van der Waals surface area contributed by atoms with E-state index in [1.165, 1.54) is 11.8 Å². The number of fused-ring (bicyclic) bond motifs is 4. The Morgan fingerprint density at radius 3 is 2.74 bits per heavy atom. The number of benzene rings is 1. The molecule has 0 saturated heterocycles. The summed E-state index contributed by atoms with van der Waals surface area (Å²) in [7, 11) is 2.03. The Bertz CT molecular complexity index is 1770. The maximum atomic E-state index is 13.0. The molecule has 0 fully saturated rings. The number of amides is 1. The zero-order valence-electron chi connectivity index (χ0n) is 22.4. The molecule has 0 bridgehead atoms. The number of hydrogen-bond donors (Lipinski definition) is 0. The number of carbonyl (C=O) groups is 1. The van der Waals surface area contributed by atoms with E-state index in [-0.39, 0.29) is 18.3 Å². The van der Waals surface area contributed by atoms with Gasteiger partial charge in [0.25, 0.3) is 5.56 Å². The molecule has 0 atom stereocenters. The number of nitrogens with zero attached hydrogens (tertiary/aromatic N) is 6. The second-order valence-corrected chi connectivity index (χ2v) is 10.8. The van der Waals surface area contributed by atoms with Crippen LogP contribution in [0, 0.1) is 0 Å². The van der Waals surface area contributed by atoms with Gasteiger partial charge in [0.05, 0.1) is 29.6 Å². The number of pyridine rings is 1. The number of imidazole rings is 1. The Labute approximate surface area is 225 Å². The average molecular weight is 527 g/mol. The Morgan fingerprint density at radius 1 is 1.10 bits per heavy atom. The topological polar surface area (TPSA) is 95.9 Å². The van der Waals surface area contributed by atoms with E-state index < -0.39 is 5.60 Å². The van der Waals surface area contributed by atoms with Crippen LogP contribution in [0.15, 0.2) is 66.1 Å². The minimum absolute atomic E-state index is 0.194. The van der Waals surface area contributed by atoms with Crippen molar-refractivity contribution in [2.45, 2.75) is 45.9 Å². The summed E-state index contributed by atoms with van der Waals surface area (Å²) in [4.78, 5) is 36.0. The second-order valence-electron chi connectivity index (χ2n) is 10.8. The predicted octanol–water partition coefficient (Wildman–Crippen LogP) is 4.24. The third-order valence-electron chi connectivity index (χ3n) is 6.93. The molecule has 0 saturated carbocycles. The van der Waals surface area contributed by atoms with Crippen LogP contribution in [-0.4, -0.2) is 46.6 Å². The van der Waals surface area contributed by atoms with Crippen molar-refractivity contribution in [3.63, 3.8) is 0 Å². The van der Waals surface area contributed by atoms with Crippen molar-refractivity contribution in [1.82, 2.24) is 28.4 Å². The summed E-state index contributed by atoms with van der Waals surface area (Å²) in [6.45, 7) is 6.96. The van der Waals surface area contributed by atoms with Gasteiger partial charge in [-0.15, -0.1) is 0 Å². The van der Waals surface area contributed by atoms with E-state index in [2.05, 4.69) is 14.5 Å². The van der Waals surface area contributed by atoms with Crippen molar-refractivity contribution in [3.05, 3.63) is 88.6 Å². The number of aryl methyl sites for hydroxylation is 1. The van der Waals surface area contributed by atoms with Crippen LogP contribution in [0.25, 0.3) is 22.2 Å². The average Bonchev–Trinajstić information content (AvgIpc) is 3.48. The van der Waals surface area contributed by atoms with Gasteiger partial charge in [-0.2, -0.15) is 0 Å². The molecule has 0 N–H and O–H groups in total. The molecule has 0 spiro atoms. The molecule has 0 unspecified atom stereocenters. The zero-order valence-corrected chi connectivity index (χ0v) is 22.4. The Kier molecular flexibility index (Phi) is 5.90. The van der Waals surface area contributed by atoms with Crippen LogP contribution < -0.4 is 10.3 Å². The normalized spacial score (nSPS) is 13.6. The highest BCUT2D eigenvalue weighted by molar-refractivity contribution is 5.88. The minimum atomic E-state index is -0.537. The van der Waals surface area contributed by atoms with Gasteiger partial charge in [0.2, 0.25) is 0 Å². The van der Waals surface area contributed by atoms with E-state index in [0.717, 1.165) is 39.9 Å². The lowest BCUT2D eigenvalue weighted by Gasteiger charge is -2.30. The first kappa shape index (κ1) is 24.7. The molecule has 0 radical (unpaired) electrons. The van der Waals surface area contributed by atoms with E-state index in [1.54, 1.807) is 34.1 Å². The molecule has 39 heavy (non-hydrogen) atoms. The summed E-state index contributed by atoms with van der Waals surface area (Å²) < 4.78 is 17.1. The lowest BCUT2D eigenvalue weighted by Crippen LogP contribution is -2.40. The van der Waals surface area contributed by atoms with Crippen LogP contribution in [0.5, 0.6) is 5.75 Å². The smallest absolute Gasteiger partial charge is 0.410 e. The van der Waals surface area contributed by atoms with Crippen LogP contribution in [0.3, 0.4) is 0 Å². The second kappa shape index (κ2) is 9.30. The Hall–Kier alpha value is -4.60. The lowest BCUT2D eigenvalue weighted by atomic mass is 10.0. The van der Waals surface area contributed by atoms with Crippen LogP contribution in [0.4, 0.5) is 4.79 Å². The molecular formula is C29H30N6O4. The molecule has 1 aromatic carbocycles. The van der Waals surface area contributed by atoms with Gasteiger partial charge in [-0.3, -0.25) is 14.3 Å². The Balaban J connectivity index is 1.22. The van der Waals surface area contributed by atoms with Gasteiger partial charge in [0, 0.05) is 67.5 Å². The van der Waals surface area contributed by atoms with Crippen molar-refractivity contribution in [2.24, 2.45) is 7.05 Å². The molecule has 0 aliphatic carbocycles. The van der Waals surface area contributed by atoms with Crippen molar-refractivity contribution in [3.8, 4) is 11.4 Å². The highest BCUT2D eigenvalue weighted by Gasteiger charge is 2.29. The maximum absolute atomic E-state index is 13.0. The molecule has 10 nitrogen and oxygen atoms in total. The van der Waals surface area contributed by atoms with Crippen LogP contribution in [-0.2, 0) is 31.4 Å². The Morgan fingerprint density at radius 2 is 1.95 bits per heavy atom. The largest absolute Gasteiger partial charge is 0.487 e. The molecule has 10 heteroatoms. The molecule has 1 aliphatic heterocycles. The first-order valence-corrected chi connectivity index (χ1v) is 12.9. The maximum Gasteiger partial charge on any atom is 0.410 e. The molecule has 1 amide bonds. The van der Waals surface area contributed by atoms with Gasteiger partial charge in [-0.1, -0.05) is 6.07 Å². The lowest BCUT2D eigenvalue weighted by molar-refractivity contribution is 0.0223. The quantitative estimate of drug-likeness (QED) is 0.348. The molecular weight excluding hydrogens is 496 g/mol. The number of aromatic nitrogens is 5. The van der Waals surface area contributed by atoms with E-state index >= 15 is 0 Å². The fraction of sp³-hybridized carbons (Fsp3) is 0.310. The van der Waals surface area contributed by atoms with E-state index in [1.807, 2.05) is 62.8 Å². The van der Waals surface area contributed by atoms with E-state index in [9.17, 15) is 9.59 Å². The summed E-state index contributed by atoms with van der Waals surface area (Å²) in [5.41, 5.74) is 4.84. The number of carbonyl (C=O) groups excluding carboxylic acids is 1.